The van der Waals surface area contributed by atoms with Gasteiger partial charge in [-0.15, -0.1) is 0 Å². The molecule has 1 fully saturated rings. The number of pyridine rings is 1. The van der Waals surface area contributed by atoms with E-state index in [9.17, 15) is 13.6 Å². The molecular weight excluding hydrogens is 382 g/mol. The van der Waals surface area contributed by atoms with Crippen molar-refractivity contribution in [3.8, 4) is 11.4 Å². The lowest BCUT2D eigenvalue weighted by Crippen LogP contribution is -2.39. The van der Waals surface area contributed by atoms with E-state index >= 15 is 0 Å². The van der Waals surface area contributed by atoms with E-state index in [1.54, 1.807) is 24.5 Å². The van der Waals surface area contributed by atoms with Crippen LogP contribution >= 0.6 is 0 Å². The van der Waals surface area contributed by atoms with E-state index in [1.807, 2.05) is 11.9 Å². The minimum Gasteiger partial charge on any atom is -0.337 e. The summed E-state index contributed by atoms with van der Waals surface area (Å²) in [4.78, 5) is 22.6. The van der Waals surface area contributed by atoms with E-state index < -0.39 is 17.7 Å². The zero-order valence-corrected chi connectivity index (χ0v) is 15.5. The fourth-order valence-electron chi connectivity index (χ4n) is 3.32. The number of hydrogen-bond acceptors (Lipinski definition) is 6. The van der Waals surface area contributed by atoms with E-state index in [0.29, 0.717) is 30.7 Å². The van der Waals surface area contributed by atoms with Crippen molar-refractivity contribution in [3.63, 3.8) is 0 Å². The van der Waals surface area contributed by atoms with Gasteiger partial charge in [-0.05, 0) is 37.7 Å². The zero-order chi connectivity index (χ0) is 20.4. The lowest BCUT2D eigenvalue weighted by atomic mass is 10.1. The fourth-order valence-corrected chi connectivity index (χ4v) is 3.32. The second-order valence-electron chi connectivity index (χ2n) is 6.80. The minimum absolute atomic E-state index is 0.0919. The summed E-state index contributed by atoms with van der Waals surface area (Å²) in [5.41, 5.74) is 0.705. The molecular formula is C19H18F2N6O2. The summed E-state index contributed by atoms with van der Waals surface area (Å²) >= 11 is 0. The van der Waals surface area contributed by atoms with Crippen molar-refractivity contribution in [2.45, 2.75) is 18.5 Å². The molecule has 0 spiro atoms. The van der Waals surface area contributed by atoms with E-state index in [1.165, 1.54) is 6.07 Å². The van der Waals surface area contributed by atoms with Crippen LogP contribution in [0.25, 0.3) is 11.4 Å². The van der Waals surface area contributed by atoms with Crippen LogP contribution < -0.4 is 10.6 Å². The standard InChI is InChI=1S/C19H18F2N6O2/c1-27-10-13(23-19(28)24-15-3-2-12(20)8-14(15)21)9-16(27)18-25-17(26-29-18)11-4-6-22-7-5-11/h2-8,13,16H,9-10H2,1H3,(H2,23,24,28)/t13-,16-/m0/s1. The highest BCUT2D eigenvalue weighted by Gasteiger charge is 2.35. The van der Waals surface area contributed by atoms with Gasteiger partial charge in [0.05, 0.1) is 11.7 Å². The molecule has 1 aliphatic heterocycles. The third kappa shape index (κ3) is 4.21. The molecule has 1 aromatic carbocycles. The quantitative estimate of drug-likeness (QED) is 0.699. The van der Waals surface area contributed by atoms with Gasteiger partial charge in [0.25, 0.3) is 0 Å². The highest BCUT2D eigenvalue weighted by Crippen LogP contribution is 2.31. The van der Waals surface area contributed by atoms with Crippen LogP contribution in [0.1, 0.15) is 18.4 Å². The molecule has 1 aliphatic rings. The van der Waals surface area contributed by atoms with Crippen LogP contribution in [0.5, 0.6) is 0 Å². The van der Waals surface area contributed by atoms with Gasteiger partial charge in [-0.1, -0.05) is 5.16 Å². The maximum atomic E-state index is 13.7. The topological polar surface area (TPSA) is 96.2 Å². The molecule has 2 amide bonds. The normalized spacial score (nSPS) is 19.3. The molecule has 4 rings (SSSR count). The van der Waals surface area contributed by atoms with E-state index in [0.717, 1.165) is 11.6 Å². The maximum absolute atomic E-state index is 13.7. The third-order valence-corrected chi connectivity index (χ3v) is 4.73. The Morgan fingerprint density at radius 2 is 2.03 bits per heavy atom. The predicted octanol–water partition coefficient (Wildman–Crippen LogP) is 2.98. The average molecular weight is 400 g/mol. The summed E-state index contributed by atoms with van der Waals surface area (Å²) in [5.74, 6) is -0.624. The molecule has 0 bridgehead atoms. The summed E-state index contributed by atoms with van der Waals surface area (Å²) in [5, 5.41) is 9.19. The molecule has 3 heterocycles. The summed E-state index contributed by atoms with van der Waals surface area (Å²) in [6, 6.07) is 5.60. The number of benzene rings is 1. The van der Waals surface area contributed by atoms with Crippen LogP contribution in [-0.4, -0.2) is 45.7 Å². The molecule has 8 nitrogen and oxygen atoms in total. The highest BCUT2D eigenvalue weighted by molar-refractivity contribution is 5.89. The minimum atomic E-state index is -0.837. The van der Waals surface area contributed by atoms with Gasteiger partial charge >= 0.3 is 6.03 Å². The summed E-state index contributed by atoms with van der Waals surface area (Å²) in [7, 11) is 1.89. The largest absolute Gasteiger partial charge is 0.337 e. The Labute approximate surface area is 164 Å². The van der Waals surface area contributed by atoms with E-state index in [2.05, 4.69) is 25.8 Å². The van der Waals surface area contributed by atoms with Crippen LogP contribution in [0.2, 0.25) is 0 Å². The second kappa shape index (κ2) is 7.92. The Hall–Kier alpha value is -3.40. The van der Waals surface area contributed by atoms with E-state index in [4.69, 9.17) is 4.52 Å². The number of carbonyl (C=O) groups is 1. The van der Waals surface area contributed by atoms with Gasteiger partial charge in [-0.3, -0.25) is 9.88 Å². The number of likely N-dealkylation sites (N-methyl/N-ethyl adjacent to an activating group) is 1. The number of carbonyl (C=O) groups excluding carboxylic acids is 1. The number of nitrogens with zero attached hydrogens (tertiary/aromatic N) is 4. The maximum Gasteiger partial charge on any atom is 0.319 e. The predicted molar refractivity (Wildman–Crippen MR) is 99.8 cm³/mol. The number of likely N-dealkylation sites (tertiary alicyclic amines) is 1. The van der Waals surface area contributed by atoms with Gasteiger partial charge in [0.15, 0.2) is 0 Å². The molecule has 150 valence electrons. The number of aromatic nitrogens is 3. The Morgan fingerprint density at radius 1 is 1.24 bits per heavy atom. The third-order valence-electron chi connectivity index (χ3n) is 4.73. The van der Waals surface area contributed by atoms with Gasteiger partial charge in [-0.25, -0.2) is 13.6 Å². The summed E-state index contributed by atoms with van der Waals surface area (Å²) < 4.78 is 32.1. The average Bonchev–Trinajstić information content (AvgIpc) is 3.31. The van der Waals surface area contributed by atoms with Crippen molar-refractivity contribution in [1.82, 2.24) is 25.3 Å². The SMILES string of the molecule is CN1C[C@@H](NC(=O)Nc2ccc(F)cc2F)C[C@H]1c1nc(-c2ccncc2)no1. The first kappa shape index (κ1) is 18.9. The molecule has 2 N–H and O–H groups in total. The first-order chi connectivity index (χ1) is 14.0. The zero-order valence-electron chi connectivity index (χ0n) is 15.5. The second-order valence-corrected chi connectivity index (χ2v) is 6.80. The lowest BCUT2D eigenvalue weighted by Gasteiger charge is -2.14. The summed E-state index contributed by atoms with van der Waals surface area (Å²) in [6.45, 7) is 0.553. The fraction of sp³-hybridized carbons (Fsp3) is 0.263. The molecule has 29 heavy (non-hydrogen) atoms. The Bertz CT molecular complexity index is 1010. The van der Waals surface area contributed by atoms with Gasteiger partial charge in [0, 0.05) is 36.6 Å². The number of anilines is 1. The van der Waals surface area contributed by atoms with Crippen LogP contribution in [0.15, 0.2) is 47.2 Å². The molecule has 3 aromatic rings. The first-order valence-corrected chi connectivity index (χ1v) is 8.96. The van der Waals surface area contributed by atoms with Crippen molar-refractivity contribution < 1.29 is 18.1 Å². The van der Waals surface area contributed by atoms with Crippen LogP contribution in [-0.2, 0) is 0 Å². The summed E-state index contributed by atoms with van der Waals surface area (Å²) in [6.07, 6.45) is 3.85. The molecule has 0 unspecified atom stereocenters. The molecule has 2 aromatic heterocycles. The number of nitrogens with one attached hydrogen (secondary N) is 2. The van der Waals surface area contributed by atoms with Crippen molar-refractivity contribution >= 4 is 11.7 Å². The number of rotatable bonds is 4. The number of halogens is 2. The molecule has 0 radical (unpaired) electrons. The van der Waals surface area contributed by atoms with Gasteiger partial charge in [-0.2, -0.15) is 4.98 Å². The van der Waals surface area contributed by atoms with Gasteiger partial charge < -0.3 is 15.2 Å². The molecule has 0 aliphatic carbocycles. The van der Waals surface area contributed by atoms with Crippen molar-refractivity contribution in [1.29, 1.82) is 0 Å². The molecule has 2 atom stereocenters. The van der Waals surface area contributed by atoms with Crippen LogP contribution in [0.4, 0.5) is 19.3 Å². The molecule has 0 saturated carbocycles. The first-order valence-electron chi connectivity index (χ1n) is 8.96. The lowest BCUT2D eigenvalue weighted by molar-refractivity contribution is 0.243. The Balaban J connectivity index is 1.38. The van der Waals surface area contributed by atoms with Crippen molar-refractivity contribution in [2.24, 2.45) is 0 Å². The Kier molecular flexibility index (Phi) is 5.17. The number of amides is 2. The molecule has 10 heteroatoms. The highest BCUT2D eigenvalue weighted by atomic mass is 19.1. The Morgan fingerprint density at radius 3 is 2.79 bits per heavy atom. The smallest absolute Gasteiger partial charge is 0.319 e. The monoisotopic (exact) mass is 400 g/mol. The molecule has 1 saturated heterocycles. The number of urea groups is 1. The number of hydrogen-bond donors (Lipinski definition) is 2. The van der Waals surface area contributed by atoms with Crippen LogP contribution in [0.3, 0.4) is 0 Å². The van der Waals surface area contributed by atoms with Gasteiger partial charge in [0.1, 0.15) is 11.6 Å². The van der Waals surface area contributed by atoms with Crippen LogP contribution in [0, 0.1) is 11.6 Å². The van der Waals surface area contributed by atoms with E-state index in [-0.39, 0.29) is 17.8 Å². The van der Waals surface area contributed by atoms with Gasteiger partial charge in [0.2, 0.25) is 11.7 Å². The van der Waals surface area contributed by atoms with Crippen molar-refractivity contribution in [2.75, 3.05) is 18.9 Å². The van der Waals surface area contributed by atoms with Crippen molar-refractivity contribution in [3.05, 3.63) is 60.3 Å².